The summed E-state index contributed by atoms with van der Waals surface area (Å²) in [7, 11) is 1.55. The van der Waals surface area contributed by atoms with Crippen molar-refractivity contribution in [3.8, 4) is 17.4 Å². The van der Waals surface area contributed by atoms with E-state index in [0.717, 1.165) is 84.3 Å². The van der Waals surface area contributed by atoms with E-state index in [-0.39, 0.29) is 11.7 Å². The molecule has 44 heavy (non-hydrogen) atoms. The highest BCUT2D eigenvalue weighted by Gasteiger charge is 2.27. The number of likely N-dealkylation sites (tertiary alicyclic amines) is 1. The van der Waals surface area contributed by atoms with Gasteiger partial charge in [0.15, 0.2) is 0 Å². The molecule has 3 aliphatic rings. The van der Waals surface area contributed by atoms with Crippen molar-refractivity contribution in [3.63, 3.8) is 0 Å². The van der Waals surface area contributed by atoms with E-state index in [9.17, 15) is 9.90 Å². The average molecular weight is 619 g/mol. The molecule has 1 atom stereocenters. The molecule has 11 heteroatoms. The number of piperidine rings is 1. The standard InChI is InChI=1S/C33H35ClN4O6/c1-41-28-16-22(33(39)40)15-27-31(28)36-29(38(27)17-23-9-13-42-23)18-37-11-7-20(8-12-37)26-3-2-4-30(35-26)44-19-21-5-6-25(34)24-10-14-43-32(21)24/h2-6,15-16,20,23H,7-14,17-19H2,1H3,(H,39,40). The maximum absolute atomic E-state index is 11.8. The fourth-order valence-electron chi connectivity index (χ4n) is 6.39. The van der Waals surface area contributed by atoms with Gasteiger partial charge in [-0.3, -0.25) is 4.90 Å². The SMILES string of the molecule is COc1cc(C(=O)O)cc2c1nc(CN1CCC(c3cccc(OCc4ccc(Cl)c5c4OCC5)n3)CC1)n2CC1CCO1. The second-order valence-corrected chi connectivity index (χ2v) is 12.0. The van der Waals surface area contributed by atoms with E-state index >= 15 is 0 Å². The number of nitrogens with zero attached hydrogens (tertiary/aromatic N) is 4. The van der Waals surface area contributed by atoms with Gasteiger partial charge in [0.05, 0.1) is 44.0 Å². The van der Waals surface area contributed by atoms with Crippen LogP contribution in [0.2, 0.25) is 5.02 Å². The van der Waals surface area contributed by atoms with E-state index in [1.54, 1.807) is 13.2 Å². The van der Waals surface area contributed by atoms with Crippen LogP contribution >= 0.6 is 11.6 Å². The maximum atomic E-state index is 11.8. The molecule has 0 bridgehead atoms. The minimum absolute atomic E-state index is 0.102. The second kappa shape index (κ2) is 12.3. The van der Waals surface area contributed by atoms with Crippen molar-refractivity contribution in [1.29, 1.82) is 0 Å². The number of aromatic nitrogens is 3. The van der Waals surface area contributed by atoms with Gasteiger partial charge in [-0.2, -0.15) is 0 Å². The number of methoxy groups -OCH3 is 1. The molecule has 1 unspecified atom stereocenters. The van der Waals surface area contributed by atoms with Crippen molar-refractivity contribution in [2.45, 2.75) is 57.4 Å². The van der Waals surface area contributed by atoms with Gasteiger partial charge in [0.2, 0.25) is 5.88 Å². The number of imidazole rings is 1. The molecule has 7 rings (SSSR count). The summed E-state index contributed by atoms with van der Waals surface area (Å²) in [5, 5.41) is 10.4. The highest BCUT2D eigenvalue weighted by Crippen LogP contribution is 2.36. The van der Waals surface area contributed by atoms with Crippen molar-refractivity contribution in [1.82, 2.24) is 19.4 Å². The van der Waals surface area contributed by atoms with Gasteiger partial charge in [0, 0.05) is 46.9 Å². The van der Waals surface area contributed by atoms with Gasteiger partial charge in [0.25, 0.3) is 0 Å². The Hall–Kier alpha value is -3.86. The third-order valence-electron chi connectivity index (χ3n) is 8.92. The molecule has 1 N–H and O–H groups in total. The summed E-state index contributed by atoms with van der Waals surface area (Å²) in [5.41, 5.74) is 4.70. The van der Waals surface area contributed by atoms with Gasteiger partial charge in [-0.1, -0.05) is 23.7 Å². The summed E-state index contributed by atoms with van der Waals surface area (Å²) < 4.78 is 25.3. The predicted molar refractivity (Wildman–Crippen MR) is 164 cm³/mol. The monoisotopic (exact) mass is 618 g/mol. The molecule has 2 aromatic carbocycles. The van der Waals surface area contributed by atoms with Gasteiger partial charge in [-0.25, -0.2) is 14.8 Å². The van der Waals surface area contributed by atoms with Crippen LogP contribution in [0.4, 0.5) is 0 Å². The number of halogens is 1. The summed E-state index contributed by atoms with van der Waals surface area (Å²) in [6, 6.07) is 13.1. The summed E-state index contributed by atoms with van der Waals surface area (Å²) in [6.07, 6.45) is 3.83. The number of rotatable bonds is 10. The number of benzene rings is 2. The van der Waals surface area contributed by atoms with Gasteiger partial charge in [0.1, 0.15) is 29.4 Å². The Labute approximate surface area is 260 Å². The zero-order chi connectivity index (χ0) is 30.2. The van der Waals surface area contributed by atoms with Crippen molar-refractivity contribution in [2.75, 3.05) is 33.4 Å². The molecule has 0 spiro atoms. The molecular formula is C33H35ClN4O6. The third-order valence-corrected chi connectivity index (χ3v) is 9.27. The molecule has 5 heterocycles. The molecule has 3 aliphatic heterocycles. The lowest BCUT2D eigenvalue weighted by atomic mass is 9.93. The van der Waals surface area contributed by atoms with Crippen molar-refractivity contribution in [2.24, 2.45) is 0 Å². The molecule has 0 saturated carbocycles. The summed E-state index contributed by atoms with van der Waals surface area (Å²) >= 11 is 6.33. The fraction of sp³-hybridized carbons (Fsp3) is 0.424. The Morgan fingerprint density at radius 3 is 2.70 bits per heavy atom. The Kier molecular flexibility index (Phi) is 8.05. The molecule has 4 aromatic rings. The quantitative estimate of drug-likeness (QED) is 0.247. The van der Waals surface area contributed by atoms with Crippen LogP contribution in [0, 0.1) is 0 Å². The lowest BCUT2D eigenvalue weighted by Crippen LogP contribution is -2.35. The third kappa shape index (κ3) is 5.69. The highest BCUT2D eigenvalue weighted by molar-refractivity contribution is 6.31. The van der Waals surface area contributed by atoms with E-state index in [1.807, 2.05) is 24.3 Å². The number of hydrogen-bond donors (Lipinski definition) is 1. The Bertz CT molecular complexity index is 1700. The Balaban J connectivity index is 1.03. The molecule has 0 radical (unpaired) electrons. The first kappa shape index (κ1) is 28.9. The number of fused-ring (bicyclic) bond motifs is 2. The van der Waals surface area contributed by atoms with E-state index in [2.05, 4.69) is 15.5 Å². The molecule has 2 saturated heterocycles. The smallest absolute Gasteiger partial charge is 0.335 e. The highest BCUT2D eigenvalue weighted by atomic mass is 35.5. The van der Waals surface area contributed by atoms with Gasteiger partial charge in [-0.15, -0.1) is 0 Å². The van der Waals surface area contributed by atoms with Gasteiger partial charge < -0.3 is 28.6 Å². The number of carboxylic acid groups (broad SMARTS) is 1. The Morgan fingerprint density at radius 1 is 1.11 bits per heavy atom. The maximum Gasteiger partial charge on any atom is 0.335 e. The van der Waals surface area contributed by atoms with E-state index in [0.29, 0.717) is 49.4 Å². The van der Waals surface area contributed by atoms with Crippen LogP contribution in [-0.4, -0.2) is 70.0 Å². The molecular weight excluding hydrogens is 584 g/mol. The van der Waals surface area contributed by atoms with Crippen molar-refractivity contribution >= 4 is 28.6 Å². The lowest BCUT2D eigenvalue weighted by molar-refractivity contribution is -0.0592. The van der Waals surface area contributed by atoms with Gasteiger partial charge in [-0.05, 0) is 56.6 Å². The largest absolute Gasteiger partial charge is 0.494 e. The first-order valence-corrected chi connectivity index (χ1v) is 15.5. The zero-order valence-corrected chi connectivity index (χ0v) is 25.4. The zero-order valence-electron chi connectivity index (χ0n) is 24.6. The molecule has 10 nitrogen and oxygen atoms in total. The van der Waals surface area contributed by atoms with Crippen molar-refractivity contribution in [3.05, 3.63) is 75.7 Å². The molecule has 0 aliphatic carbocycles. The van der Waals surface area contributed by atoms with Crippen LogP contribution in [0.3, 0.4) is 0 Å². The first-order chi connectivity index (χ1) is 21.5. The predicted octanol–water partition coefficient (Wildman–Crippen LogP) is 5.47. The lowest BCUT2D eigenvalue weighted by Gasteiger charge is -2.32. The number of hydrogen-bond acceptors (Lipinski definition) is 8. The Morgan fingerprint density at radius 2 is 1.95 bits per heavy atom. The molecule has 230 valence electrons. The average Bonchev–Trinajstić information content (AvgIpc) is 3.64. The first-order valence-electron chi connectivity index (χ1n) is 15.1. The number of carboxylic acids is 1. The van der Waals surface area contributed by atoms with E-state index in [1.165, 1.54) is 6.07 Å². The summed E-state index contributed by atoms with van der Waals surface area (Å²) in [5.74, 6) is 2.14. The van der Waals surface area contributed by atoms with E-state index in [4.69, 9.17) is 40.5 Å². The number of ether oxygens (including phenoxy) is 4. The van der Waals surface area contributed by atoms with E-state index < -0.39 is 5.97 Å². The number of aromatic carboxylic acids is 1. The fourth-order valence-corrected chi connectivity index (χ4v) is 6.63. The summed E-state index contributed by atoms with van der Waals surface area (Å²) in [6.45, 7) is 4.85. The van der Waals surface area contributed by atoms with Crippen LogP contribution < -0.4 is 14.2 Å². The summed E-state index contributed by atoms with van der Waals surface area (Å²) in [4.78, 5) is 24.0. The van der Waals surface area contributed by atoms with Crippen LogP contribution in [-0.2, 0) is 30.9 Å². The van der Waals surface area contributed by atoms with Crippen molar-refractivity contribution < 1.29 is 28.8 Å². The van der Waals surface area contributed by atoms with Gasteiger partial charge >= 0.3 is 5.97 Å². The number of carbonyl (C=O) groups is 1. The van der Waals surface area contributed by atoms with Crippen LogP contribution in [0.15, 0.2) is 42.5 Å². The number of pyridine rings is 1. The molecule has 2 fully saturated rings. The normalized spacial score (nSPS) is 18.5. The minimum atomic E-state index is -0.993. The van der Waals surface area contributed by atoms with Crippen LogP contribution in [0.5, 0.6) is 17.4 Å². The second-order valence-electron chi connectivity index (χ2n) is 11.6. The van der Waals surface area contributed by atoms with Crippen LogP contribution in [0.1, 0.15) is 58.2 Å². The topological polar surface area (TPSA) is 108 Å². The van der Waals surface area contributed by atoms with Crippen LogP contribution in [0.25, 0.3) is 11.0 Å². The molecule has 2 aromatic heterocycles. The molecule has 0 amide bonds. The minimum Gasteiger partial charge on any atom is -0.494 e.